The van der Waals surface area contributed by atoms with E-state index in [1.54, 1.807) is 12.1 Å². The van der Waals surface area contributed by atoms with Crippen molar-refractivity contribution < 1.29 is 23.1 Å². The van der Waals surface area contributed by atoms with Crippen LogP contribution in [0.4, 0.5) is 0 Å². The summed E-state index contributed by atoms with van der Waals surface area (Å²) in [6.45, 7) is 3.70. The summed E-state index contributed by atoms with van der Waals surface area (Å²) in [5, 5.41) is 14.4. The molecule has 0 saturated carbocycles. The molecule has 0 amide bonds. The summed E-state index contributed by atoms with van der Waals surface area (Å²) in [7, 11) is -3.57. The van der Waals surface area contributed by atoms with E-state index in [4.69, 9.17) is 9.84 Å². The lowest BCUT2D eigenvalue weighted by atomic mass is 9.95. The molecule has 0 spiro atoms. The first-order valence-electron chi connectivity index (χ1n) is 14.3. The van der Waals surface area contributed by atoms with Gasteiger partial charge in [0.1, 0.15) is 5.75 Å². The highest BCUT2D eigenvalue weighted by Crippen LogP contribution is 2.26. The third-order valence-corrected chi connectivity index (χ3v) is 9.69. The molecule has 1 aliphatic carbocycles. The van der Waals surface area contributed by atoms with Gasteiger partial charge in [0.2, 0.25) is 10.0 Å². The van der Waals surface area contributed by atoms with Crippen LogP contribution >= 0.6 is 0 Å². The number of ether oxygens (including phenoxy) is 1. The van der Waals surface area contributed by atoms with E-state index in [1.807, 2.05) is 42.5 Å². The van der Waals surface area contributed by atoms with Crippen LogP contribution in [0.5, 0.6) is 5.75 Å². The molecule has 0 bridgehead atoms. The van der Waals surface area contributed by atoms with Crippen molar-refractivity contribution in [3.05, 3.63) is 71.8 Å². The standard InChI is InChI=1S/C31H39N3O5S/c35-31(36)22-39-28-12-11-24-6-3-8-27(19-26(24)20-28)32-21-23-13-16-34(17-14-23)18-15-33-40(37,38)30-10-4-7-25-5-1-2-9-29(25)30/h1-2,4-5,7,9-12,20,23,27,32-33H,3,6,8,13-19,21-22H2,(H,35,36). The van der Waals surface area contributed by atoms with Crippen LogP contribution in [-0.4, -0.2) is 69.8 Å². The van der Waals surface area contributed by atoms with Crippen molar-refractivity contribution in [2.45, 2.75) is 49.5 Å². The number of aryl methyl sites for hydroxylation is 1. The van der Waals surface area contributed by atoms with Gasteiger partial charge in [-0.2, -0.15) is 0 Å². The van der Waals surface area contributed by atoms with Gasteiger partial charge in [-0.05, 0) is 98.8 Å². The predicted molar refractivity (Wildman–Crippen MR) is 156 cm³/mol. The van der Waals surface area contributed by atoms with Crippen molar-refractivity contribution in [1.82, 2.24) is 14.9 Å². The molecular weight excluding hydrogens is 526 g/mol. The normalized spacial score (nSPS) is 18.8. The zero-order valence-electron chi connectivity index (χ0n) is 22.8. The first-order chi connectivity index (χ1) is 19.4. The number of carboxylic acid groups (broad SMARTS) is 1. The summed E-state index contributed by atoms with van der Waals surface area (Å²) in [4.78, 5) is 13.5. The average Bonchev–Trinajstić information content (AvgIpc) is 3.16. The summed E-state index contributed by atoms with van der Waals surface area (Å²) in [5.74, 6) is 0.257. The number of aliphatic carboxylic acids is 1. The van der Waals surface area contributed by atoms with Gasteiger partial charge in [-0.3, -0.25) is 0 Å². The minimum Gasteiger partial charge on any atom is -0.482 e. The molecule has 9 heteroatoms. The molecule has 40 heavy (non-hydrogen) atoms. The largest absolute Gasteiger partial charge is 0.482 e. The monoisotopic (exact) mass is 565 g/mol. The van der Waals surface area contributed by atoms with Crippen molar-refractivity contribution in [1.29, 1.82) is 0 Å². The molecule has 1 atom stereocenters. The molecule has 0 radical (unpaired) electrons. The van der Waals surface area contributed by atoms with Gasteiger partial charge in [0.15, 0.2) is 6.61 Å². The third-order valence-electron chi connectivity index (χ3n) is 8.17. The second-order valence-electron chi connectivity index (χ2n) is 11.0. The predicted octanol–water partition coefficient (Wildman–Crippen LogP) is 3.83. The minimum absolute atomic E-state index is 0.324. The molecular formula is C31H39N3O5S. The molecule has 1 unspecified atom stereocenters. The Balaban J connectivity index is 1.05. The molecule has 3 N–H and O–H groups in total. The number of fused-ring (bicyclic) bond motifs is 2. The number of nitrogens with one attached hydrogen (secondary N) is 2. The smallest absolute Gasteiger partial charge is 0.341 e. The van der Waals surface area contributed by atoms with E-state index in [-0.39, 0.29) is 6.61 Å². The van der Waals surface area contributed by atoms with Crippen LogP contribution in [0.25, 0.3) is 10.8 Å². The highest BCUT2D eigenvalue weighted by Gasteiger charge is 2.23. The van der Waals surface area contributed by atoms with Crippen LogP contribution < -0.4 is 14.8 Å². The van der Waals surface area contributed by atoms with Gasteiger partial charge in [0.25, 0.3) is 0 Å². The topological polar surface area (TPSA) is 108 Å². The molecule has 1 fully saturated rings. The number of piperidine rings is 1. The Bertz CT molecular complexity index is 1410. The second kappa shape index (κ2) is 13.1. The van der Waals surface area contributed by atoms with Crippen molar-refractivity contribution in [2.24, 2.45) is 5.92 Å². The van der Waals surface area contributed by atoms with Crippen LogP contribution in [0.3, 0.4) is 0 Å². The minimum atomic E-state index is -3.57. The number of likely N-dealkylation sites (tertiary alicyclic amines) is 1. The molecule has 8 nitrogen and oxygen atoms in total. The molecule has 214 valence electrons. The molecule has 3 aromatic rings. The Morgan fingerprint density at radius 2 is 1.80 bits per heavy atom. The number of carbonyl (C=O) groups is 1. The maximum absolute atomic E-state index is 13.0. The fourth-order valence-electron chi connectivity index (χ4n) is 5.95. The number of benzene rings is 3. The second-order valence-corrected chi connectivity index (χ2v) is 12.7. The van der Waals surface area contributed by atoms with E-state index in [0.717, 1.165) is 68.9 Å². The summed E-state index contributed by atoms with van der Waals surface area (Å²) < 4.78 is 34.2. The third kappa shape index (κ3) is 7.40. The number of nitrogens with zero attached hydrogens (tertiary/aromatic N) is 1. The maximum atomic E-state index is 13.0. The number of rotatable bonds is 11. The van der Waals surface area contributed by atoms with Crippen LogP contribution in [-0.2, 0) is 27.7 Å². The van der Waals surface area contributed by atoms with Gasteiger partial charge >= 0.3 is 5.97 Å². The molecule has 5 rings (SSSR count). The van der Waals surface area contributed by atoms with Crippen LogP contribution in [0, 0.1) is 5.92 Å². The van der Waals surface area contributed by atoms with Crippen molar-refractivity contribution in [3.8, 4) is 5.75 Å². The van der Waals surface area contributed by atoms with Gasteiger partial charge in [-0.1, -0.05) is 42.5 Å². The summed E-state index contributed by atoms with van der Waals surface area (Å²) in [6.07, 6.45) is 6.41. The zero-order chi connectivity index (χ0) is 28.0. The summed E-state index contributed by atoms with van der Waals surface area (Å²) in [5.41, 5.74) is 2.58. The van der Waals surface area contributed by atoms with E-state index in [2.05, 4.69) is 21.0 Å². The summed E-state index contributed by atoms with van der Waals surface area (Å²) >= 11 is 0. The molecule has 1 aliphatic heterocycles. The summed E-state index contributed by atoms with van der Waals surface area (Å²) in [6, 6.07) is 19.3. The number of hydrogen-bond donors (Lipinski definition) is 3. The van der Waals surface area contributed by atoms with Crippen molar-refractivity contribution in [3.63, 3.8) is 0 Å². The number of carboxylic acids is 1. The highest BCUT2D eigenvalue weighted by molar-refractivity contribution is 7.89. The number of hydrogen-bond acceptors (Lipinski definition) is 6. The molecule has 1 saturated heterocycles. The maximum Gasteiger partial charge on any atom is 0.341 e. The highest BCUT2D eigenvalue weighted by atomic mass is 32.2. The Morgan fingerprint density at radius 1 is 1.00 bits per heavy atom. The lowest BCUT2D eigenvalue weighted by molar-refractivity contribution is -0.139. The molecule has 1 heterocycles. The van der Waals surface area contributed by atoms with E-state index in [0.29, 0.717) is 35.7 Å². The molecule has 0 aromatic heterocycles. The van der Waals surface area contributed by atoms with E-state index < -0.39 is 16.0 Å². The Morgan fingerprint density at radius 3 is 2.62 bits per heavy atom. The molecule has 2 aliphatic rings. The van der Waals surface area contributed by atoms with E-state index in [1.165, 1.54) is 11.1 Å². The van der Waals surface area contributed by atoms with Crippen LogP contribution in [0.15, 0.2) is 65.6 Å². The Kier molecular flexibility index (Phi) is 9.36. The van der Waals surface area contributed by atoms with E-state index in [9.17, 15) is 13.2 Å². The van der Waals surface area contributed by atoms with Gasteiger partial charge in [0.05, 0.1) is 4.90 Å². The Hall–Kier alpha value is -2.98. The quantitative estimate of drug-likeness (QED) is 0.303. The van der Waals surface area contributed by atoms with Crippen molar-refractivity contribution in [2.75, 3.05) is 39.3 Å². The lowest BCUT2D eigenvalue weighted by Gasteiger charge is -2.33. The van der Waals surface area contributed by atoms with Gasteiger partial charge in [0, 0.05) is 24.5 Å². The fraction of sp³-hybridized carbons (Fsp3) is 0.452. The van der Waals surface area contributed by atoms with Gasteiger partial charge < -0.3 is 20.1 Å². The first-order valence-corrected chi connectivity index (χ1v) is 15.8. The lowest BCUT2D eigenvalue weighted by Crippen LogP contribution is -2.42. The molecule has 3 aromatic carbocycles. The fourth-order valence-corrected chi connectivity index (χ4v) is 7.19. The Labute approximate surface area is 236 Å². The first kappa shape index (κ1) is 28.5. The van der Waals surface area contributed by atoms with Gasteiger partial charge in [-0.25, -0.2) is 17.9 Å². The van der Waals surface area contributed by atoms with Crippen LogP contribution in [0.2, 0.25) is 0 Å². The van der Waals surface area contributed by atoms with Crippen LogP contribution in [0.1, 0.15) is 36.8 Å². The zero-order valence-corrected chi connectivity index (χ0v) is 23.7. The van der Waals surface area contributed by atoms with Gasteiger partial charge in [-0.15, -0.1) is 0 Å². The number of sulfonamides is 1. The average molecular weight is 566 g/mol. The van der Waals surface area contributed by atoms with Crippen molar-refractivity contribution >= 4 is 26.8 Å². The SMILES string of the molecule is O=C(O)COc1ccc2c(c1)CC(NCC1CCN(CCNS(=O)(=O)c3cccc4ccccc34)CC1)CCC2. The van der Waals surface area contributed by atoms with E-state index >= 15 is 0 Å².